The number of aliphatic hydroxyl groups excluding tert-OH is 1. The van der Waals surface area contributed by atoms with Gasteiger partial charge in [-0.3, -0.25) is 19.2 Å². The number of nitrogens with zero attached hydrogens (tertiary/aromatic N) is 2. The van der Waals surface area contributed by atoms with Gasteiger partial charge < -0.3 is 40.3 Å². The zero-order valence-electron chi connectivity index (χ0n) is 33.1. The van der Waals surface area contributed by atoms with Gasteiger partial charge in [-0.25, -0.2) is 0 Å². The molecule has 0 aliphatic carbocycles. The van der Waals surface area contributed by atoms with E-state index in [2.05, 4.69) is 16.0 Å². The van der Waals surface area contributed by atoms with E-state index < -0.39 is 48.4 Å². The van der Waals surface area contributed by atoms with E-state index in [0.29, 0.717) is 18.5 Å². The number of aliphatic hydroxyl groups is 1. The number of likely N-dealkylation sites (N-methyl/N-ethyl adjacent to an activating group) is 2. The Hall–Kier alpha value is -3.06. The number of methoxy groups -OCH3 is 2. The maximum absolute atomic E-state index is 14.1. The highest BCUT2D eigenvalue weighted by atomic mass is 16.5. The second-order valence-corrected chi connectivity index (χ2v) is 15.0. The van der Waals surface area contributed by atoms with Crippen molar-refractivity contribution in [2.75, 3.05) is 34.9 Å². The first kappa shape index (κ1) is 44.1. The topological polar surface area (TPSA) is 150 Å². The number of carbonyl (C=O) groups is 4. The van der Waals surface area contributed by atoms with Gasteiger partial charge in [0, 0.05) is 27.8 Å². The molecule has 12 nitrogen and oxygen atoms in total. The third-order valence-electron chi connectivity index (χ3n) is 10.7. The van der Waals surface area contributed by atoms with Crippen LogP contribution in [-0.4, -0.2) is 116 Å². The van der Waals surface area contributed by atoms with Gasteiger partial charge in [0.05, 0.1) is 54.8 Å². The Labute approximate surface area is 306 Å². The predicted molar refractivity (Wildman–Crippen MR) is 200 cm³/mol. The summed E-state index contributed by atoms with van der Waals surface area (Å²) in [5.74, 6) is -1.62. The summed E-state index contributed by atoms with van der Waals surface area (Å²) >= 11 is 0. The van der Waals surface area contributed by atoms with Crippen LogP contribution in [0.25, 0.3) is 0 Å². The zero-order chi connectivity index (χ0) is 38.6. The van der Waals surface area contributed by atoms with Crippen LogP contribution < -0.4 is 16.0 Å². The molecule has 1 heterocycles. The predicted octanol–water partition coefficient (Wildman–Crippen LogP) is 3.53. The van der Waals surface area contributed by atoms with Crippen molar-refractivity contribution in [2.45, 2.75) is 130 Å². The molecule has 1 fully saturated rings. The third-order valence-corrected chi connectivity index (χ3v) is 10.7. The Kier molecular flexibility index (Phi) is 18.0. The number of benzene rings is 1. The summed E-state index contributed by atoms with van der Waals surface area (Å²) < 4.78 is 11.9. The number of carbonyl (C=O) groups excluding carboxylic acids is 4. The van der Waals surface area contributed by atoms with Crippen LogP contribution in [0.1, 0.15) is 92.7 Å². The second-order valence-electron chi connectivity index (χ2n) is 15.0. The Morgan fingerprint density at radius 1 is 0.922 bits per heavy atom. The number of rotatable bonds is 20. The largest absolute Gasteiger partial charge is 0.386 e. The molecule has 10 atom stereocenters. The van der Waals surface area contributed by atoms with Crippen LogP contribution >= 0.6 is 0 Å². The summed E-state index contributed by atoms with van der Waals surface area (Å²) in [4.78, 5) is 58.3. The summed E-state index contributed by atoms with van der Waals surface area (Å²) in [6.07, 6.45) is 0.147. The minimum atomic E-state index is -0.875. The van der Waals surface area contributed by atoms with Crippen LogP contribution in [0.15, 0.2) is 30.3 Å². The van der Waals surface area contributed by atoms with Gasteiger partial charge >= 0.3 is 0 Å². The van der Waals surface area contributed by atoms with Gasteiger partial charge in [-0.1, -0.05) is 85.2 Å². The molecule has 0 saturated carbocycles. The van der Waals surface area contributed by atoms with Gasteiger partial charge in [0.25, 0.3) is 0 Å². The average Bonchev–Trinajstić information content (AvgIpc) is 3.59. The molecule has 1 saturated heterocycles. The fourth-order valence-corrected chi connectivity index (χ4v) is 7.42. The monoisotopic (exact) mass is 718 g/mol. The van der Waals surface area contributed by atoms with Gasteiger partial charge in [0.1, 0.15) is 6.04 Å². The van der Waals surface area contributed by atoms with E-state index in [9.17, 15) is 24.3 Å². The van der Waals surface area contributed by atoms with E-state index in [4.69, 9.17) is 9.47 Å². The van der Waals surface area contributed by atoms with Crippen molar-refractivity contribution in [3.05, 3.63) is 35.9 Å². The van der Waals surface area contributed by atoms with Crippen molar-refractivity contribution in [1.29, 1.82) is 0 Å². The summed E-state index contributed by atoms with van der Waals surface area (Å²) in [5.41, 5.74) is 0.711. The Bertz CT molecular complexity index is 1250. The molecule has 1 aliphatic heterocycles. The van der Waals surface area contributed by atoms with Gasteiger partial charge in [0.15, 0.2) is 0 Å². The molecule has 0 aromatic heterocycles. The highest BCUT2D eigenvalue weighted by Crippen LogP contribution is 2.30. The van der Waals surface area contributed by atoms with Gasteiger partial charge in [-0.05, 0) is 50.1 Å². The molecule has 290 valence electrons. The Morgan fingerprint density at radius 2 is 1.53 bits per heavy atom. The molecule has 1 aromatic rings. The van der Waals surface area contributed by atoms with Gasteiger partial charge in [0.2, 0.25) is 23.6 Å². The van der Waals surface area contributed by atoms with Crippen molar-refractivity contribution < 1.29 is 33.8 Å². The molecule has 2 rings (SSSR count). The molecule has 0 radical (unpaired) electrons. The molecule has 0 spiro atoms. The van der Waals surface area contributed by atoms with Crippen LogP contribution in [-0.2, 0) is 28.7 Å². The Balaban J connectivity index is 2.24. The highest BCUT2D eigenvalue weighted by Gasteiger charge is 2.43. The first-order chi connectivity index (χ1) is 24.0. The molecule has 4 amide bonds. The van der Waals surface area contributed by atoms with Gasteiger partial charge in [-0.2, -0.15) is 0 Å². The minimum Gasteiger partial charge on any atom is -0.386 e. The molecule has 1 aromatic carbocycles. The van der Waals surface area contributed by atoms with E-state index in [1.165, 1.54) is 0 Å². The standard InChI is InChI=1S/C39H67N5O7/c1-13-25(6)34(43(10)39(49)33(24(4)5)42-38(48)32(40-9)23(2)3)30(50-11)22-31(45)44-21-17-20-29(44)36(51-12)26(7)37(47)41-27(8)35(46)28-18-15-14-16-19-28/h14-16,18-19,23-27,29-30,32-36,40,46H,13,17,20-22H2,1-12H3,(H,41,47)(H,42,48)/t25?,26-,27-,29?,30-,32+,33?,34+,35-,36-/m1/s1. The van der Waals surface area contributed by atoms with Crippen LogP contribution in [0, 0.1) is 23.7 Å². The average molecular weight is 718 g/mol. The van der Waals surface area contributed by atoms with E-state index in [0.717, 1.165) is 12.8 Å². The molecular formula is C39H67N5O7. The molecular weight excluding hydrogens is 650 g/mol. The third kappa shape index (κ3) is 11.5. The van der Waals surface area contributed by atoms with E-state index in [-0.39, 0.29) is 53.8 Å². The van der Waals surface area contributed by atoms with Crippen LogP contribution in [0.5, 0.6) is 0 Å². The fraction of sp³-hybridized carbons (Fsp3) is 0.744. The van der Waals surface area contributed by atoms with Crippen molar-refractivity contribution in [3.8, 4) is 0 Å². The summed E-state index contributed by atoms with van der Waals surface area (Å²) in [6, 6.07) is 6.67. The fourth-order valence-electron chi connectivity index (χ4n) is 7.42. The quantitative estimate of drug-likeness (QED) is 0.160. The molecule has 1 aliphatic rings. The first-order valence-corrected chi connectivity index (χ1v) is 18.7. The smallest absolute Gasteiger partial charge is 0.245 e. The zero-order valence-corrected chi connectivity index (χ0v) is 33.1. The lowest BCUT2D eigenvalue weighted by atomic mass is 9.89. The Morgan fingerprint density at radius 3 is 2.04 bits per heavy atom. The first-order valence-electron chi connectivity index (χ1n) is 18.7. The van der Waals surface area contributed by atoms with E-state index >= 15 is 0 Å². The SMILES string of the molecule is CCC(C)[C@@H]([C@@H](CC(=O)N1CCCC1[C@H](OC)[C@@H](C)C(=O)N[C@H](C)[C@@H](O)c1ccccc1)OC)N(C)C(=O)C(NC(=O)[C@@H](NC)C(C)C)C(C)C. The summed E-state index contributed by atoms with van der Waals surface area (Å²) in [5, 5.41) is 19.8. The maximum atomic E-state index is 14.1. The number of hydrogen-bond acceptors (Lipinski definition) is 8. The molecule has 0 bridgehead atoms. The minimum absolute atomic E-state index is 0.0148. The van der Waals surface area contributed by atoms with Crippen LogP contribution in [0.2, 0.25) is 0 Å². The van der Waals surface area contributed by atoms with Crippen LogP contribution in [0.3, 0.4) is 0 Å². The lowest BCUT2D eigenvalue weighted by molar-refractivity contribution is -0.148. The molecule has 3 unspecified atom stereocenters. The summed E-state index contributed by atoms with van der Waals surface area (Å²) in [6.45, 7) is 15.9. The lowest BCUT2D eigenvalue weighted by Gasteiger charge is -2.41. The molecule has 51 heavy (non-hydrogen) atoms. The number of amides is 4. The van der Waals surface area contributed by atoms with Crippen molar-refractivity contribution in [2.24, 2.45) is 23.7 Å². The van der Waals surface area contributed by atoms with Crippen LogP contribution in [0.4, 0.5) is 0 Å². The van der Waals surface area contributed by atoms with Crippen molar-refractivity contribution >= 4 is 23.6 Å². The highest BCUT2D eigenvalue weighted by molar-refractivity contribution is 5.90. The maximum Gasteiger partial charge on any atom is 0.245 e. The van der Waals surface area contributed by atoms with Gasteiger partial charge in [-0.15, -0.1) is 0 Å². The number of ether oxygens (including phenoxy) is 2. The summed E-state index contributed by atoms with van der Waals surface area (Å²) in [7, 11) is 6.57. The lowest BCUT2D eigenvalue weighted by Crippen LogP contribution is -2.59. The normalized spacial score (nSPS) is 20.1. The number of hydrogen-bond donors (Lipinski definition) is 4. The van der Waals surface area contributed by atoms with Crippen molar-refractivity contribution in [1.82, 2.24) is 25.8 Å². The number of likely N-dealkylation sites (tertiary alicyclic amines) is 1. The van der Waals surface area contributed by atoms with Crippen molar-refractivity contribution in [3.63, 3.8) is 0 Å². The number of nitrogens with one attached hydrogen (secondary N) is 3. The molecule has 4 N–H and O–H groups in total. The molecule has 12 heteroatoms. The van der Waals surface area contributed by atoms with E-state index in [1.54, 1.807) is 52.0 Å². The van der Waals surface area contributed by atoms with E-state index in [1.807, 2.05) is 71.9 Å². The second kappa shape index (κ2) is 20.8.